The van der Waals surface area contributed by atoms with Crippen LogP contribution in [0.3, 0.4) is 0 Å². The molecule has 1 N–H and O–H groups in total. The standard InChI is InChI=1S/C15H19N5O2/c1-11-2-3-14(19-18-11)22-10-12-4-6-20(7-5-12)15(21)13-8-16-17-9-13/h2-3,8-9,12H,4-7,10H2,1H3,(H,16,17). The number of carbonyl (C=O) groups excluding carboxylic acids is 1. The summed E-state index contributed by atoms with van der Waals surface area (Å²) in [6, 6.07) is 3.72. The van der Waals surface area contributed by atoms with Gasteiger partial charge in [0.25, 0.3) is 5.91 Å². The summed E-state index contributed by atoms with van der Waals surface area (Å²) in [5.74, 6) is 1.04. The monoisotopic (exact) mass is 301 g/mol. The topological polar surface area (TPSA) is 84.0 Å². The molecule has 1 fully saturated rings. The maximum atomic E-state index is 12.2. The third kappa shape index (κ3) is 3.41. The lowest BCUT2D eigenvalue weighted by Crippen LogP contribution is -2.39. The number of nitrogens with one attached hydrogen (secondary N) is 1. The Morgan fingerprint density at radius 1 is 1.36 bits per heavy atom. The predicted octanol–water partition coefficient (Wildman–Crippen LogP) is 1.44. The van der Waals surface area contributed by atoms with Gasteiger partial charge in [0.1, 0.15) is 0 Å². The average molecular weight is 301 g/mol. The summed E-state index contributed by atoms with van der Waals surface area (Å²) in [4.78, 5) is 14.1. The van der Waals surface area contributed by atoms with Crippen LogP contribution in [-0.4, -0.2) is 50.9 Å². The predicted molar refractivity (Wildman–Crippen MR) is 79.5 cm³/mol. The minimum Gasteiger partial charge on any atom is -0.476 e. The van der Waals surface area contributed by atoms with Crippen LogP contribution < -0.4 is 4.74 Å². The van der Waals surface area contributed by atoms with Crippen LogP contribution in [0.1, 0.15) is 28.9 Å². The number of rotatable bonds is 4. The summed E-state index contributed by atoms with van der Waals surface area (Å²) in [5.41, 5.74) is 1.49. The number of carbonyl (C=O) groups is 1. The second-order valence-electron chi connectivity index (χ2n) is 5.55. The molecule has 3 rings (SSSR count). The third-order valence-electron chi connectivity index (χ3n) is 3.89. The zero-order valence-corrected chi connectivity index (χ0v) is 12.5. The van der Waals surface area contributed by atoms with Gasteiger partial charge < -0.3 is 9.64 Å². The van der Waals surface area contributed by atoms with E-state index in [0.29, 0.717) is 24.0 Å². The summed E-state index contributed by atoms with van der Waals surface area (Å²) in [6.45, 7) is 4.00. The lowest BCUT2D eigenvalue weighted by molar-refractivity contribution is 0.0659. The Bertz CT molecular complexity index is 603. The van der Waals surface area contributed by atoms with Crippen molar-refractivity contribution >= 4 is 5.91 Å². The molecule has 1 saturated heterocycles. The molecule has 1 aliphatic heterocycles. The lowest BCUT2D eigenvalue weighted by Gasteiger charge is -2.31. The molecule has 1 aliphatic rings. The van der Waals surface area contributed by atoms with Crippen molar-refractivity contribution in [2.45, 2.75) is 19.8 Å². The number of likely N-dealkylation sites (tertiary alicyclic amines) is 1. The van der Waals surface area contributed by atoms with Crippen LogP contribution in [0.5, 0.6) is 5.88 Å². The first-order valence-electron chi connectivity index (χ1n) is 7.43. The molecular weight excluding hydrogens is 282 g/mol. The lowest BCUT2D eigenvalue weighted by atomic mass is 9.97. The number of piperidine rings is 1. The van der Waals surface area contributed by atoms with E-state index in [1.807, 2.05) is 24.0 Å². The van der Waals surface area contributed by atoms with E-state index < -0.39 is 0 Å². The van der Waals surface area contributed by atoms with Crippen LogP contribution in [0.25, 0.3) is 0 Å². The molecule has 22 heavy (non-hydrogen) atoms. The molecule has 7 nitrogen and oxygen atoms in total. The Kier molecular flexibility index (Phi) is 4.32. The van der Waals surface area contributed by atoms with Crippen molar-refractivity contribution in [2.75, 3.05) is 19.7 Å². The fraction of sp³-hybridized carbons (Fsp3) is 0.467. The fourth-order valence-electron chi connectivity index (χ4n) is 2.52. The number of ether oxygens (including phenoxy) is 1. The molecule has 0 saturated carbocycles. The minimum absolute atomic E-state index is 0.0394. The van der Waals surface area contributed by atoms with E-state index in [4.69, 9.17) is 4.74 Å². The van der Waals surface area contributed by atoms with Crippen molar-refractivity contribution in [3.63, 3.8) is 0 Å². The zero-order valence-electron chi connectivity index (χ0n) is 12.5. The second kappa shape index (κ2) is 6.55. The molecule has 0 spiro atoms. The van der Waals surface area contributed by atoms with Crippen LogP contribution in [0, 0.1) is 12.8 Å². The molecule has 0 atom stereocenters. The number of aryl methyl sites for hydroxylation is 1. The molecule has 2 aromatic heterocycles. The SMILES string of the molecule is Cc1ccc(OCC2CCN(C(=O)c3cn[nH]c3)CC2)nn1. The Hall–Kier alpha value is -2.44. The third-order valence-corrected chi connectivity index (χ3v) is 3.89. The first kappa shape index (κ1) is 14.5. The molecule has 2 aromatic rings. The van der Waals surface area contributed by atoms with Crippen molar-refractivity contribution in [3.8, 4) is 5.88 Å². The normalized spacial score (nSPS) is 15.8. The van der Waals surface area contributed by atoms with Gasteiger partial charge in [0, 0.05) is 25.4 Å². The number of aromatic amines is 1. The van der Waals surface area contributed by atoms with Gasteiger partial charge in [-0.05, 0) is 31.7 Å². The van der Waals surface area contributed by atoms with Crippen molar-refractivity contribution in [1.82, 2.24) is 25.3 Å². The van der Waals surface area contributed by atoms with Gasteiger partial charge >= 0.3 is 0 Å². The molecule has 116 valence electrons. The van der Waals surface area contributed by atoms with Gasteiger partial charge in [0.15, 0.2) is 0 Å². The highest BCUT2D eigenvalue weighted by Gasteiger charge is 2.24. The number of aromatic nitrogens is 4. The Labute approximate surface area is 128 Å². The molecular formula is C15H19N5O2. The fourth-order valence-corrected chi connectivity index (χ4v) is 2.52. The van der Waals surface area contributed by atoms with Crippen LogP contribution in [0.15, 0.2) is 24.5 Å². The number of amides is 1. The van der Waals surface area contributed by atoms with Gasteiger partial charge in [-0.1, -0.05) is 0 Å². The first-order valence-corrected chi connectivity index (χ1v) is 7.43. The number of hydrogen-bond acceptors (Lipinski definition) is 5. The van der Waals surface area contributed by atoms with E-state index in [1.54, 1.807) is 12.4 Å². The Morgan fingerprint density at radius 2 is 2.18 bits per heavy atom. The summed E-state index contributed by atoms with van der Waals surface area (Å²) >= 11 is 0. The molecule has 0 radical (unpaired) electrons. The maximum Gasteiger partial charge on any atom is 0.257 e. The smallest absolute Gasteiger partial charge is 0.257 e. The van der Waals surface area contributed by atoms with Crippen LogP contribution in [0.2, 0.25) is 0 Å². The molecule has 3 heterocycles. The van der Waals surface area contributed by atoms with E-state index in [1.165, 1.54) is 0 Å². The summed E-state index contributed by atoms with van der Waals surface area (Å²) in [7, 11) is 0. The second-order valence-corrected chi connectivity index (χ2v) is 5.55. The van der Waals surface area contributed by atoms with Gasteiger partial charge in [0.05, 0.1) is 24.1 Å². The highest BCUT2D eigenvalue weighted by atomic mass is 16.5. The van der Waals surface area contributed by atoms with E-state index >= 15 is 0 Å². The largest absolute Gasteiger partial charge is 0.476 e. The van der Waals surface area contributed by atoms with Gasteiger partial charge in [-0.2, -0.15) is 10.2 Å². The van der Waals surface area contributed by atoms with E-state index in [0.717, 1.165) is 31.6 Å². The zero-order chi connectivity index (χ0) is 15.4. The van der Waals surface area contributed by atoms with E-state index in [2.05, 4.69) is 20.4 Å². The van der Waals surface area contributed by atoms with Crippen LogP contribution >= 0.6 is 0 Å². The average Bonchev–Trinajstić information content (AvgIpc) is 3.09. The molecule has 0 unspecified atom stereocenters. The number of hydrogen-bond donors (Lipinski definition) is 1. The van der Waals surface area contributed by atoms with Crippen molar-refractivity contribution < 1.29 is 9.53 Å². The molecule has 0 bridgehead atoms. The van der Waals surface area contributed by atoms with Gasteiger partial charge in [0.2, 0.25) is 5.88 Å². The van der Waals surface area contributed by atoms with Crippen molar-refractivity contribution in [2.24, 2.45) is 5.92 Å². The molecule has 7 heteroatoms. The summed E-state index contributed by atoms with van der Waals surface area (Å²) < 4.78 is 5.68. The highest BCUT2D eigenvalue weighted by Crippen LogP contribution is 2.20. The van der Waals surface area contributed by atoms with Gasteiger partial charge in [-0.25, -0.2) is 0 Å². The molecule has 0 aromatic carbocycles. The quantitative estimate of drug-likeness (QED) is 0.923. The van der Waals surface area contributed by atoms with Crippen LogP contribution in [0.4, 0.5) is 0 Å². The minimum atomic E-state index is 0.0394. The maximum absolute atomic E-state index is 12.2. The van der Waals surface area contributed by atoms with Crippen molar-refractivity contribution in [3.05, 3.63) is 35.8 Å². The van der Waals surface area contributed by atoms with Crippen molar-refractivity contribution in [1.29, 1.82) is 0 Å². The molecule has 0 aliphatic carbocycles. The van der Waals surface area contributed by atoms with E-state index in [9.17, 15) is 4.79 Å². The van der Waals surface area contributed by atoms with Gasteiger partial charge in [-0.3, -0.25) is 9.89 Å². The van der Waals surface area contributed by atoms with Gasteiger partial charge in [-0.15, -0.1) is 5.10 Å². The summed E-state index contributed by atoms with van der Waals surface area (Å²) in [6.07, 6.45) is 5.06. The Balaban J connectivity index is 1.45. The number of nitrogens with zero attached hydrogens (tertiary/aromatic N) is 4. The first-order chi connectivity index (χ1) is 10.7. The van der Waals surface area contributed by atoms with Crippen LogP contribution in [-0.2, 0) is 0 Å². The Morgan fingerprint density at radius 3 is 2.82 bits per heavy atom. The summed E-state index contributed by atoms with van der Waals surface area (Å²) in [5, 5.41) is 14.4. The molecule has 1 amide bonds. The highest BCUT2D eigenvalue weighted by molar-refractivity contribution is 5.93. The number of H-pyrrole nitrogens is 1. The van der Waals surface area contributed by atoms with E-state index in [-0.39, 0.29) is 5.91 Å².